The number of hydrogen-bond acceptors (Lipinski definition) is 2. The van der Waals surface area contributed by atoms with E-state index >= 15 is 0 Å². The van der Waals surface area contributed by atoms with Gasteiger partial charge in [-0.05, 0) is 39.7 Å². The Labute approximate surface area is 114 Å². The van der Waals surface area contributed by atoms with E-state index in [1.165, 1.54) is 6.07 Å². The second-order valence-corrected chi connectivity index (χ2v) is 4.88. The quantitative estimate of drug-likeness (QED) is 0.925. The number of aryl methyl sites for hydroxylation is 1. The molecule has 0 saturated carbocycles. The van der Waals surface area contributed by atoms with Crippen molar-refractivity contribution in [3.8, 4) is 0 Å². The first-order valence-corrected chi connectivity index (χ1v) is 6.60. The summed E-state index contributed by atoms with van der Waals surface area (Å²) in [5, 5.41) is 10.1. The number of benzene rings is 1. The molecule has 1 aromatic heterocycles. The van der Waals surface area contributed by atoms with E-state index in [1.54, 1.807) is 18.2 Å². The van der Waals surface area contributed by atoms with Crippen LogP contribution in [0.1, 0.15) is 30.1 Å². The van der Waals surface area contributed by atoms with Crippen molar-refractivity contribution in [2.75, 3.05) is 0 Å². The van der Waals surface area contributed by atoms with Gasteiger partial charge in [-0.3, -0.25) is 0 Å². The molecule has 0 radical (unpaired) electrons. The van der Waals surface area contributed by atoms with Crippen LogP contribution in [0.4, 0.5) is 4.39 Å². The fourth-order valence-corrected chi connectivity index (χ4v) is 2.20. The van der Waals surface area contributed by atoms with Crippen LogP contribution in [0, 0.1) is 5.82 Å². The average molecular weight is 313 g/mol. The lowest BCUT2D eigenvalue weighted by molar-refractivity contribution is 0.148. The number of aliphatic hydroxyl groups excluding tert-OH is 1. The van der Waals surface area contributed by atoms with Crippen LogP contribution in [0.15, 0.2) is 39.2 Å². The van der Waals surface area contributed by atoms with E-state index in [0.29, 0.717) is 16.7 Å². The van der Waals surface area contributed by atoms with E-state index in [2.05, 4.69) is 15.9 Å². The van der Waals surface area contributed by atoms with Gasteiger partial charge in [0, 0.05) is 12.8 Å². The number of halogens is 2. The molecular formula is C14H14BrFO2. The summed E-state index contributed by atoms with van der Waals surface area (Å²) in [6, 6.07) is 8.39. The number of hydrogen-bond donors (Lipinski definition) is 1. The van der Waals surface area contributed by atoms with Gasteiger partial charge in [-0.1, -0.05) is 19.1 Å². The summed E-state index contributed by atoms with van der Waals surface area (Å²) in [6.07, 6.45) is 0.342. The van der Waals surface area contributed by atoms with Crippen molar-refractivity contribution in [2.24, 2.45) is 0 Å². The minimum Gasteiger partial charge on any atom is -0.463 e. The molecule has 0 aliphatic carbocycles. The van der Waals surface area contributed by atoms with Gasteiger partial charge in [-0.2, -0.15) is 0 Å². The summed E-state index contributed by atoms with van der Waals surface area (Å²) in [5.41, 5.74) is 0.719. The molecular weight excluding hydrogens is 299 g/mol. The minimum absolute atomic E-state index is 0.314. The summed E-state index contributed by atoms with van der Waals surface area (Å²) in [7, 11) is 0. The first-order chi connectivity index (χ1) is 8.61. The van der Waals surface area contributed by atoms with Gasteiger partial charge in [0.05, 0.1) is 4.47 Å². The monoisotopic (exact) mass is 312 g/mol. The Hall–Kier alpha value is -1.13. The van der Waals surface area contributed by atoms with Crippen molar-refractivity contribution >= 4 is 15.9 Å². The third-order valence-electron chi connectivity index (χ3n) is 2.80. The molecule has 0 saturated heterocycles. The highest BCUT2D eigenvalue weighted by Crippen LogP contribution is 2.26. The number of rotatable bonds is 4. The molecule has 0 spiro atoms. The van der Waals surface area contributed by atoms with Crippen LogP contribution in [0.25, 0.3) is 0 Å². The van der Waals surface area contributed by atoms with Crippen molar-refractivity contribution in [3.05, 3.63) is 57.7 Å². The van der Waals surface area contributed by atoms with Crippen molar-refractivity contribution < 1.29 is 13.9 Å². The largest absolute Gasteiger partial charge is 0.463 e. The predicted octanol–water partition coefficient (Wildman–Crippen LogP) is 4.02. The van der Waals surface area contributed by atoms with Crippen molar-refractivity contribution in [2.45, 2.75) is 25.9 Å². The van der Waals surface area contributed by atoms with Crippen molar-refractivity contribution in [3.63, 3.8) is 0 Å². The van der Waals surface area contributed by atoms with Crippen LogP contribution < -0.4 is 0 Å². The van der Waals surface area contributed by atoms with Crippen LogP contribution >= 0.6 is 15.9 Å². The Balaban J connectivity index is 2.15. The van der Waals surface area contributed by atoms with E-state index in [-0.39, 0.29) is 5.82 Å². The highest BCUT2D eigenvalue weighted by atomic mass is 79.9. The van der Waals surface area contributed by atoms with Gasteiger partial charge in [0.1, 0.15) is 23.4 Å². The normalized spacial score (nSPS) is 12.7. The first kappa shape index (κ1) is 13.3. The second kappa shape index (κ2) is 5.67. The predicted molar refractivity (Wildman–Crippen MR) is 70.8 cm³/mol. The lowest BCUT2D eigenvalue weighted by Gasteiger charge is -2.10. The topological polar surface area (TPSA) is 33.4 Å². The Morgan fingerprint density at radius 1 is 1.33 bits per heavy atom. The molecule has 1 atom stereocenters. The van der Waals surface area contributed by atoms with Gasteiger partial charge in [-0.25, -0.2) is 4.39 Å². The SMILES string of the molecule is CCc1ccc(C(O)Cc2cccc(F)c2Br)o1. The molecule has 2 rings (SSSR count). The number of aliphatic hydroxyl groups is 1. The average Bonchev–Trinajstić information content (AvgIpc) is 2.83. The molecule has 1 aromatic carbocycles. The fraction of sp³-hybridized carbons (Fsp3) is 0.286. The lowest BCUT2D eigenvalue weighted by atomic mass is 10.1. The van der Waals surface area contributed by atoms with Gasteiger partial charge in [0.2, 0.25) is 0 Å². The Bertz CT molecular complexity index is 536. The van der Waals surface area contributed by atoms with Gasteiger partial charge < -0.3 is 9.52 Å². The highest BCUT2D eigenvalue weighted by Gasteiger charge is 2.15. The van der Waals surface area contributed by atoms with E-state index in [4.69, 9.17) is 4.42 Å². The van der Waals surface area contributed by atoms with Gasteiger partial charge in [0.15, 0.2) is 0 Å². The van der Waals surface area contributed by atoms with E-state index < -0.39 is 6.10 Å². The van der Waals surface area contributed by atoms with Gasteiger partial charge in [-0.15, -0.1) is 0 Å². The standard InChI is InChI=1S/C14H14BrFO2/c1-2-10-6-7-13(18-10)12(17)8-9-4-3-5-11(16)14(9)15/h3-7,12,17H,2,8H2,1H3. The maximum absolute atomic E-state index is 13.3. The number of furan rings is 1. The first-order valence-electron chi connectivity index (χ1n) is 5.81. The van der Waals surface area contributed by atoms with Gasteiger partial charge >= 0.3 is 0 Å². The molecule has 0 aliphatic heterocycles. The lowest BCUT2D eigenvalue weighted by Crippen LogP contribution is -2.02. The van der Waals surface area contributed by atoms with Crippen LogP contribution in [0.2, 0.25) is 0 Å². The summed E-state index contributed by atoms with van der Waals surface area (Å²) >= 11 is 3.18. The zero-order chi connectivity index (χ0) is 13.1. The molecule has 1 heterocycles. The van der Waals surface area contributed by atoms with Crippen molar-refractivity contribution in [1.82, 2.24) is 0 Å². The van der Waals surface area contributed by atoms with E-state index in [9.17, 15) is 9.50 Å². The minimum atomic E-state index is -0.761. The molecule has 0 aliphatic rings. The Morgan fingerprint density at radius 3 is 2.78 bits per heavy atom. The molecule has 4 heteroatoms. The van der Waals surface area contributed by atoms with Crippen LogP contribution in [-0.4, -0.2) is 5.11 Å². The smallest absolute Gasteiger partial charge is 0.137 e. The summed E-state index contributed by atoms with van der Waals surface area (Å²) in [4.78, 5) is 0. The third kappa shape index (κ3) is 2.82. The summed E-state index contributed by atoms with van der Waals surface area (Å²) < 4.78 is 19.2. The molecule has 1 unspecified atom stereocenters. The van der Waals surface area contributed by atoms with Gasteiger partial charge in [0.25, 0.3) is 0 Å². The van der Waals surface area contributed by atoms with E-state index in [0.717, 1.165) is 17.7 Å². The van der Waals surface area contributed by atoms with Crippen LogP contribution in [0.3, 0.4) is 0 Å². The van der Waals surface area contributed by atoms with Crippen LogP contribution in [0.5, 0.6) is 0 Å². The molecule has 0 amide bonds. The Morgan fingerprint density at radius 2 is 2.11 bits per heavy atom. The molecule has 0 fully saturated rings. The molecule has 0 bridgehead atoms. The molecule has 18 heavy (non-hydrogen) atoms. The second-order valence-electron chi connectivity index (χ2n) is 4.09. The fourth-order valence-electron chi connectivity index (χ4n) is 1.78. The maximum atomic E-state index is 13.3. The Kier molecular flexibility index (Phi) is 4.19. The zero-order valence-electron chi connectivity index (χ0n) is 9.99. The van der Waals surface area contributed by atoms with Crippen molar-refractivity contribution in [1.29, 1.82) is 0 Å². The maximum Gasteiger partial charge on any atom is 0.137 e. The van der Waals surface area contributed by atoms with E-state index in [1.807, 2.05) is 13.0 Å². The molecule has 2 nitrogen and oxygen atoms in total. The summed E-state index contributed by atoms with van der Waals surface area (Å²) in [5.74, 6) is 1.03. The summed E-state index contributed by atoms with van der Waals surface area (Å²) in [6.45, 7) is 1.98. The molecule has 96 valence electrons. The molecule has 1 N–H and O–H groups in total. The molecule has 2 aromatic rings. The zero-order valence-corrected chi connectivity index (χ0v) is 11.6. The van der Waals surface area contributed by atoms with Crippen LogP contribution in [-0.2, 0) is 12.8 Å². The highest BCUT2D eigenvalue weighted by molar-refractivity contribution is 9.10. The third-order valence-corrected chi connectivity index (χ3v) is 3.69.